The van der Waals surface area contributed by atoms with Crippen LogP contribution in [0.3, 0.4) is 0 Å². The van der Waals surface area contributed by atoms with Gasteiger partial charge in [-0.05, 0) is 32.2 Å². The standard InChI is InChI=1S/C30H33FN7O7P/c1-7-29(31)27(38-15-33-21-24(37(5)6)34-28(32)35-25(21)38)43-22-23(30(22,29)40)45-46(41,36-17(4)26(39)42-16(2)3)44-20-14-10-12-18-11-8-9-13-19(18)20/h1,8-17,22-23,27,40H,2-6H3,(H,36,41)(H2,32,34,35)/t17-,22+,23?,27+,29-,30-,46+/m0/s1. The highest BCUT2D eigenvalue weighted by atomic mass is 31.2. The second-order valence-corrected chi connectivity index (χ2v) is 13.3. The number of ether oxygens (including phenoxy) is 2. The molecule has 2 fully saturated rings. The summed E-state index contributed by atoms with van der Waals surface area (Å²) in [6.45, 7) is 4.73. The maximum atomic E-state index is 16.9. The van der Waals surface area contributed by atoms with Crippen molar-refractivity contribution in [3.05, 3.63) is 48.8 Å². The summed E-state index contributed by atoms with van der Waals surface area (Å²) in [5.41, 5.74) is 0.909. The fraction of sp³-hybridized carbons (Fsp3) is 0.400. The highest BCUT2D eigenvalue weighted by Gasteiger charge is 2.87. The molecular weight excluding hydrogens is 620 g/mol. The number of benzene rings is 2. The number of nitrogens with zero attached hydrogens (tertiary/aromatic N) is 5. The Morgan fingerprint density at radius 2 is 1.96 bits per heavy atom. The van der Waals surface area contributed by atoms with Crippen LogP contribution in [0.1, 0.15) is 27.0 Å². The van der Waals surface area contributed by atoms with E-state index in [1.165, 1.54) is 17.8 Å². The van der Waals surface area contributed by atoms with E-state index in [0.717, 1.165) is 5.39 Å². The number of rotatable bonds is 10. The normalized spacial score (nSPS) is 27.2. The number of nitrogens with two attached hydrogens (primary N) is 1. The zero-order valence-corrected chi connectivity index (χ0v) is 26.5. The van der Waals surface area contributed by atoms with Gasteiger partial charge in [0.15, 0.2) is 28.8 Å². The summed E-state index contributed by atoms with van der Waals surface area (Å²) in [4.78, 5) is 27.0. The van der Waals surface area contributed by atoms with Gasteiger partial charge in [0.25, 0.3) is 0 Å². The number of esters is 1. The Morgan fingerprint density at radius 3 is 2.65 bits per heavy atom. The summed E-state index contributed by atoms with van der Waals surface area (Å²) in [5.74, 6) is 1.70. The van der Waals surface area contributed by atoms with Crippen LogP contribution in [-0.2, 0) is 23.4 Å². The Morgan fingerprint density at radius 1 is 1.24 bits per heavy atom. The van der Waals surface area contributed by atoms with E-state index in [0.29, 0.717) is 16.7 Å². The molecule has 14 nitrogen and oxygen atoms in total. The SMILES string of the molecule is C#C[C@]1(F)[C@H](n2cnc3c(N(C)C)nc(N)nc32)O[C@@H]2C(O[P@@](=O)(N[C@@H](C)C(=O)OC(C)C)Oc3cccc4ccccc34)[C@@]21O. The fourth-order valence-corrected chi connectivity index (χ4v) is 7.30. The molecule has 0 amide bonds. The predicted molar refractivity (Wildman–Crippen MR) is 166 cm³/mol. The molecule has 1 saturated carbocycles. The first kappa shape index (κ1) is 31.7. The smallest absolute Gasteiger partial charge is 0.459 e. The monoisotopic (exact) mass is 653 g/mol. The number of carbonyl (C=O) groups excluding carboxylic acids is 1. The first-order valence-corrected chi connectivity index (χ1v) is 15.9. The van der Waals surface area contributed by atoms with Gasteiger partial charge in [-0.3, -0.25) is 13.9 Å². The largest absolute Gasteiger partial charge is 0.462 e. The average Bonchev–Trinajstić information content (AvgIpc) is 3.24. The molecule has 0 spiro atoms. The summed E-state index contributed by atoms with van der Waals surface area (Å²) in [7, 11) is -1.14. The maximum Gasteiger partial charge on any atom is 0.459 e. The van der Waals surface area contributed by atoms with Crippen molar-refractivity contribution in [3.8, 4) is 18.1 Å². The summed E-state index contributed by atoms with van der Waals surface area (Å²) >= 11 is 0. The molecule has 1 saturated heterocycles. The van der Waals surface area contributed by atoms with Gasteiger partial charge in [0.2, 0.25) is 11.6 Å². The van der Waals surface area contributed by atoms with Crippen LogP contribution in [0.2, 0.25) is 0 Å². The molecule has 2 aromatic heterocycles. The third-order valence-electron chi connectivity index (χ3n) is 7.82. The van der Waals surface area contributed by atoms with E-state index in [1.807, 2.05) is 24.1 Å². The van der Waals surface area contributed by atoms with Crippen molar-refractivity contribution in [1.82, 2.24) is 24.6 Å². The molecule has 4 aromatic rings. The Hall–Kier alpha value is -4.32. The lowest BCUT2D eigenvalue weighted by molar-refractivity contribution is -0.149. The molecule has 4 N–H and O–H groups in total. The van der Waals surface area contributed by atoms with Gasteiger partial charge < -0.3 is 29.7 Å². The number of aliphatic hydroxyl groups is 1. The van der Waals surface area contributed by atoms with Crippen LogP contribution in [0, 0.1) is 12.3 Å². The van der Waals surface area contributed by atoms with E-state index < -0.39 is 55.6 Å². The first-order valence-electron chi connectivity index (χ1n) is 14.4. The number of hydrogen-bond donors (Lipinski definition) is 3. The van der Waals surface area contributed by atoms with Crippen LogP contribution in [0.4, 0.5) is 16.2 Å². The number of aromatic nitrogens is 4. The van der Waals surface area contributed by atoms with Gasteiger partial charge in [0.1, 0.15) is 24.0 Å². The summed E-state index contributed by atoms with van der Waals surface area (Å²) in [6.07, 6.45) is 1.91. The van der Waals surface area contributed by atoms with Crippen LogP contribution in [-0.4, -0.2) is 80.3 Å². The number of nitrogens with one attached hydrogen (secondary N) is 1. The van der Waals surface area contributed by atoms with Crippen molar-refractivity contribution >= 4 is 47.4 Å². The zero-order valence-electron chi connectivity index (χ0n) is 25.6. The van der Waals surface area contributed by atoms with Crippen molar-refractivity contribution < 1.29 is 37.4 Å². The first-order chi connectivity index (χ1) is 21.7. The molecule has 3 heterocycles. The van der Waals surface area contributed by atoms with Gasteiger partial charge in [0, 0.05) is 19.5 Å². The molecule has 1 unspecified atom stereocenters. The minimum absolute atomic E-state index is 0.103. The molecule has 0 bridgehead atoms. The minimum Gasteiger partial charge on any atom is -0.462 e. The van der Waals surface area contributed by atoms with Crippen LogP contribution < -0.4 is 20.2 Å². The molecule has 7 atom stereocenters. The van der Waals surface area contributed by atoms with Crippen molar-refractivity contribution in [2.45, 2.75) is 62.6 Å². The number of imidazole rings is 1. The number of anilines is 2. The number of alkyl halides is 1. The molecule has 2 aliphatic rings. The number of nitrogen functional groups attached to an aromatic ring is 1. The van der Waals surface area contributed by atoms with Gasteiger partial charge in [0.05, 0.1) is 12.4 Å². The molecule has 1 aliphatic carbocycles. The van der Waals surface area contributed by atoms with Gasteiger partial charge in [-0.15, -0.1) is 6.42 Å². The Kier molecular flexibility index (Phi) is 7.70. The molecule has 1 aliphatic heterocycles. The third kappa shape index (κ3) is 5.03. The lowest BCUT2D eigenvalue weighted by atomic mass is 9.96. The molecule has 6 rings (SSSR count). The predicted octanol–water partition coefficient (Wildman–Crippen LogP) is 3.11. The van der Waals surface area contributed by atoms with E-state index in [9.17, 15) is 14.5 Å². The zero-order chi connectivity index (χ0) is 33.2. The number of hydrogen-bond acceptors (Lipinski definition) is 12. The number of terminal acetylenes is 1. The third-order valence-corrected chi connectivity index (χ3v) is 9.46. The van der Waals surface area contributed by atoms with Crippen LogP contribution in [0.5, 0.6) is 5.75 Å². The van der Waals surface area contributed by atoms with E-state index >= 15 is 4.39 Å². The highest BCUT2D eigenvalue weighted by molar-refractivity contribution is 7.52. The highest BCUT2D eigenvalue weighted by Crippen LogP contribution is 2.66. The van der Waals surface area contributed by atoms with Crippen LogP contribution in [0.15, 0.2) is 48.8 Å². The number of fused-ring (bicyclic) bond motifs is 3. The van der Waals surface area contributed by atoms with E-state index in [-0.39, 0.29) is 17.3 Å². The van der Waals surface area contributed by atoms with E-state index in [4.69, 9.17) is 30.7 Å². The Bertz CT molecular complexity index is 1930. The summed E-state index contributed by atoms with van der Waals surface area (Å²) in [6, 6.07) is 11.1. The molecule has 2 aromatic carbocycles. The van der Waals surface area contributed by atoms with Gasteiger partial charge >= 0.3 is 13.7 Å². The van der Waals surface area contributed by atoms with Gasteiger partial charge in [-0.1, -0.05) is 42.3 Å². The lowest BCUT2D eigenvalue weighted by Crippen LogP contribution is -2.47. The van der Waals surface area contributed by atoms with E-state index in [1.54, 1.807) is 57.1 Å². The Labute approximate surface area is 263 Å². The minimum atomic E-state index is -4.59. The molecule has 46 heavy (non-hydrogen) atoms. The number of carbonyl (C=O) groups is 1. The molecular formula is C30H33FN7O7P. The van der Waals surface area contributed by atoms with Crippen LogP contribution >= 0.6 is 7.75 Å². The summed E-state index contributed by atoms with van der Waals surface area (Å²) in [5, 5.41) is 15.6. The average molecular weight is 654 g/mol. The fourth-order valence-electron chi connectivity index (χ4n) is 5.57. The van der Waals surface area contributed by atoms with Crippen LogP contribution in [0.25, 0.3) is 21.9 Å². The maximum absolute atomic E-state index is 16.9. The van der Waals surface area contributed by atoms with Crippen molar-refractivity contribution in [2.24, 2.45) is 0 Å². The quantitative estimate of drug-likeness (QED) is 0.129. The van der Waals surface area contributed by atoms with Gasteiger partial charge in [-0.2, -0.15) is 15.1 Å². The molecule has 0 radical (unpaired) electrons. The second-order valence-electron chi connectivity index (χ2n) is 11.6. The van der Waals surface area contributed by atoms with Crippen molar-refractivity contribution in [2.75, 3.05) is 24.7 Å². The van der Waals surface area contributed by atoms with E-state index in [2.05, 4.69) is 20.0 Å². The topological polar surface area (TPSA) is 176 Å². The molecule has 16 heteroatoms. The second kappa shape index (κ2) is 11.2. The lowest BCUT2D eigenvalue weighted by Gasteiger charge is -2.31. The Balaban J connectivity index is 1.33. The summed E-state index contributed by atoms with van der Waals surface area (Å²) < 4.78 is 55.5. The van der Waals surface area contributed by atoms with Crippen molar-refractivity contribution in [1.29, 1.82) is 0 Å². The number of halogens is 1. The van der Waals surface area contributed by atoms with Crippen molar-refractivity contribution in [3.63, 3.8) is 0 Å². The van der Waals surface area contributed by atoms with Gasteiger partial charge in [-0.25, -0.2) is 13.9 Å². The molecule has 242 valence electrons.